The number of nitrogens with one attached hydrogen (secondary N) is 1. The van der Waals surface area contributed by atoms with Crippen molar-refractivity contribution in [2.75, 3.05) is 6.61 Å². The molecule has 1 aliphatic rings. The largest absolute Gasteiger partial charge is 0.460 e. The number of benzene rings is 1. The van der Waals surface area contributed by atoms with Gasteiger partial charge in [-0.15, -0.1) is 0 Å². The molecule has 2 N–H and O–H groups in total. The first-order valence-electron chi connectivity index (χ1n) is 8.23. The van der Waals surface area contributed by atoms with Crippen LogP contribution in [0.3, 0.4) is 0 Å². The Labute approximate surface area is 147 Å². The van der Waals surface area contributed by atoms with Crippen molar-refractivity contribution in [2.24, 2.45) is 0 Å². The molecular formula is C18H25NO6. The second kappa shape index (κ2) is 8.31. The quantitative estimate of drug-likeness (QED) is 0.574. The van der Waals surface area contributed by atoms with Crippen molar-refractivity contribution in [1.29, 1.82) is 0 Å². The van der Waals surface area contributed by atoms with Gasteiger partial charge in [-0.05, 0) is 26.3 Å². The number of aliphatic hydroxyl groups excluding tert-OH is 1. The van der Waals surface area contributed by atoms with Gasteiger partial charge in [0.1, 0.15) is 24.4 Å². The van der Waals surface area contributed by atoms with Crippen LogP contribution in [-0.2, 0) is 25.6 Å². The second-order valence-electron chi connectivity index (χ2n) is 6.97. The van der Waals surface area contributed by atoms with E-state index in [0.717, 1.165) is 5.56 Å². The van der Waals surface area contributed by atoms with Gasteiger partial charge in [-0.1, -0.05) is 30.3 Å². The zero-order chi connectivity index (χ0) is 18.4. The SMILES string of the molecule is CC(C)(C)OC(=O)C[C@H](NC(=O)OCc1ccccc1)C(O)C1CO1. The lowest BCUT2D eigenvalue weighted by Crippen LogP contribution is -2.47. The number of esters is 1. The molecule has 0 radical (unpaired) electrons. The molecule has 1 fully saturated rings. The van der Waals surface area contributed by atoms with E-state index in [1.54, 1.807) is 20.8 Å². The molecule has 1 aromatic rings. The summed E-state index contributed by atoms with van der Waals surface area (Å²) in [5.41, 5.74) is 0.198. The molecule has 1 aromatic carbocycles. The molecule has 1 amide bonds. The number of carbonyl (C=O) groups excluding carboxylic acids is 2. The van der Waals surface area contributed by atoms with Gasteiger partial charge in [0, 0.05) is 0 Å². The fourth-order valence-corrected chi connectivity index (χ4v) is 2.25. The molecule has 1 saturated heterocycles. The van der Waals surface area contributed by atoms with Gasteiger partial charge in [-0.3, -0.25) is 4.79 Å². The van der Waals surface area contributed by atoms with Crippen LogP contribution < -0.4 is 5.32 Å². The molecule has 3 atom stereocenters. The van der Waals surface area contributed by atoms with Crippen LogP contribution >= 0.6 is 0 Å². The van der Waals surface area contributed by atoms with Gasteiger partial charge < -0.3 is 24.6 Å². The maximum Gasteiger partial charge on any atom is 0.407 e. The third-order valence-corrected chi connectivity index (χ3v) is 3.47. The van der Waals surface area contributed by atoms with E-state index in [1.165, 1.54) is 0 Å². The molecule has 138 valence electrons. The first-order valence-corrected chi connectivity index (χ1v) is 8.23. The maximum absolute atomic E-state index is 12.0. The van der Waals surface area contributed by atoms with Crippen LogP contribution in [-0.4, -0.2) is 47.6 Å². The second-order valence-corrected chi connectivity index (χ2v) is 6.97. The Hall–Kier alpha value is -2.12. The summed E-state index contributed by atoms with van der Waals surface area (Å²) in [4.78, 5) is 24.0. The molecule has 7 nitrogen and oxygen atoms in total. The molecule has 0 spiro atoms. The number of rotatable bonds is 7. The summed E-state index contributed by atoms with van der Waals surface area (Å²) in [7, 11) is 0. The van der Waals surface area contributed by atoms with Crippen LogP contribution in [0.1, 0.15) is 32.8 Å². The van der Waals surface area contributed by atoms with Crippen LogP contribution in [0.4, 0.5) is 4.79 Å². The Morgan fingerprint density at radius 1 is 1.32 bits per heavy atom. The molecule has 0 saturated carbocycles. The predicted octanol–water partition coefficient (Wildman–Crippen LogP) is 1.77. The van der Waals surface area contributed by atoms with Crippen LogP contribution in [0, 0.1) is 0 Å². The predicted molar refractivity (Wildman–Crippen MR) is 89.8 cm³/mol. The van der Waals surface area contributed by atoms with Gasteiger partial charge in [-0.25, -0.2) is 4.79 Å². The summed E-state index contributed by atoms with van der Waals surface area (Å²) in [5, 5.41) is 12.8. The first-order chi connectivity index (χ1) is 11.7. The van der Waals surface area contributed by atoms with Crippen LogP contribution in [0.25, 0.3) is 0 Å². The molecule has 1 heterocycles. The minimum absolute atomic E-state index is 0.0991. The fourth-order valence-electron chi connectivity index (χ4n) is 2.25. The topological polar surface area (TPSA) is 97.4 Å². The minimum Gasteiger partial charge on any atom is -0.460 e. The highest BCUT2D eigenvalue weighted by atomic mass is 16.6. The van der Waals surface area contributed by atoms with Gasteiger partial charge in [-0.2, -0.15) is 0 Å². The van der Waals surface area contributed by atoms with E-state index in [9.17, 15) is 14.7 Å². The zero-order valence-corrected chi connectivity index (χ0v) is 14.7. The molecule has 0 aromatic heterocycles. The third kappa shape index (κ3) is 7.11. The van der Waals surface area contributed by atoms with E-state index in [4.69, 9.17) is 14.2 Å². The highest BCUT2D eigenvalue weighted by Crippen LogP contribution is 2.20. The normalized spacial score (nSPS) is 18.8. The number of aliphatic hydroxyl groups is 1. The van der Waals surface area contributed by atoms with Gasteiger partial charge in [0.15, 0.2) is 0 Å². The number of ether oxygens (including phenoxy) is 3. The number of alkyl carbamates (subject to hydrolysis) is 1. The van der Waals surface area contributed by atoms with Crippen molar-refractivity contribution in [3.8, 4) is 0 Å². The minimum atomic E-state index is -1.00. The lowest BCUT2D eigenvalue weighted by Gasteiger charge is -2.25. The Morgan fingerprint density at radius 2 is 1.96 bits per heavy atom. The Kier molecular flexibility index (Phi) is 6.39. The van der Waals surface area contributed by atoms with Crippen molar-refractivity contribution < 1.29 is 28.9 Å². The van der Waals surface area contributed by atoms with E-state index >= 15 is 0 Å². The average molecular weight is 351 g/mol. The van der Waals surface area contributed by atoms with Crippen LogP contribution in [0.15, 0.2) is 30.3 Å². The number of carbonyl (C=O) groups is 2. The number of amides is 1. The van der Waals surface area contributed by atoms with E-state index in [2.05, 4.69) is 5.32 Å². The third-order valence-electron chi connectivity index (χ3n) is 3.47. The van der Waals surface area contributed by atoms with Gasteiger partial charge >= 0.3 is 12.1 Å². The van der Waals surface area contributed by atoms with Gasteiger partial charge in [0.2, 0.25) is 0 Å². The highest BCUT2D eigenvalue weighted by Gasteiger charge is 2.39. The smallest absolute Gasteiger partial charge is 0.407 e. The monoisotopic (exact) mass is 351 g/mol. The molecule has 7 heteroatoms. The summed E-state index contributed by atoms with van der Waals surface area (Å²) in [6.07, 6.45) is -2.27. The van der Waals surface area contributed by atoms with E-state index in [0.29, 0.717) is 6.61 Å². The van der Waals surface area contributed by atoms with Crippen molar-refractivity contribution in [3.63, 3.8) is 0 Å². The Bertz CT molecular complexity index is 579. The molecule has 2 unspecified atom stereocenters. The van der Waals surface area contributed by atoms with Crippen molar-refractivity contribution >= 4 is 12.1 Å². The van der Waals surface area contributed by atoms with E-state index in [1.807, 2.05) is 30.3 Å². The van der Waals surface area contributed by atoms with E-state index < -0.39 is 29.8 Å². The molecule has 0 bridgehead atoms. The van der Waals surface area contributed by atoms with Crippen molar-refractivity contribution in [1.82, 2.24) is 5.32 Å². The van der Waals surface area contributed by atoms with Gasteiger partial charge in [0.05, 0.1) is 19.1 Å². The molecule has 2 rings (SSSR count). The van der Waals surface area contributed by atoms with Crippen molar-refractivity contribution in [3.05, 3.63) is 35.9 Å². The van der Waals surface area contributed by atoms with Gasteiger partial charge in [0.25, 0.3) is 0 Å². The number of hydrogen-bond donors (Lipinski definition) is 2. The maximum atomic E-state index is 12.0. The number of hydrogen-bond acceptors (Lipinski definition) is 6. The lowest BCUT2D eigenvalue weighted by molar-refractivity contribution is -0.156. The highest BCUT2D eigenvalue weighted by molar-refractivity contribution is 5.73. The molecule has 0 aliphatic carbocycles. The summed E-state index contributed by atoms with van der Waals surface area (Å²) < 4.78 is 15.4. The number of epoxide rings is 1. The van der Waals surface area contributed by atoms with Crippen molar-refractivity contribution in [2.45, 2.75) is 57.6 Å². The molecule has 25 heavy (non-hydrogen) atoms. The summed E-state index contributed by atoms with van der Waals surface area (Å²) in [5.74, 6) is -0.513. The summed E-state index contributed by atoms with van der Waals surface area (Å²) >= 11 is 0. The standard InChI is InChI=1S/C18H25NO6/c1-18(2,3)25-15(20)9-13(16(21)14-11-23-14)19-17(22)24-10-12-7-5-4-6-8-12/h4-8,13-14,16,21H,9-11H2,1-3H3,(H,19,22)/t13-,14?,16?/m0/s1. The first kappa shape index (κ1) is 19.2. The average Bonchev–Trinajstić information content (AvgIpc) is 3.35. The summed E-state index contributed by atoms with van der Waals surface area (Å²) in [6.45, 7) is 5.75. The fraction of sp³-hybridized carbons (Fsp3) is 0.556. The lowest BCUT2D eigenvalue weighted by atomic mass is 10.0. The zero-order valence-electron chi connectivity index (χ0n) is 14.7. The Morgan fingerprint density at radius 3 is 2.52 bits per heavy atom. The summed E-state index contributed by atoms with van der Waals surface area (Å²) in [6, 6.07) is 8.38. The molecular weight excluding hydrogens is 326 g/mol. The molecule has 1 aliphatic heterocycles. The van der Waals surface area contributed by atoms with Crippen LogP contribution in [0.5, 0.6) is 0 Å². The van der Waals surface area contributed by atoms with E-state index in [-0.39, 0.29) is 19.1 Å². The Balaban J connectivity index is 1.88. The van der Waals surface area contributed by atoms with Crippen LogP contribution in [0.2, 0.25) is 0 Å².